The molecule has 1 aromatic carbocycles. The average Bonchev–Trinajstić information content (AvgIpc) is 2.65. The van der Waals surface area contributed by atoms with Crippen LogP contribution in [-0.2, 0) is 16.4 Å². The van der Waals surface area contributed by atoms with Gasteiger partial charge in [0.1, 0.15) is 11.6 Å². The number of hydrogen-bond donors (Lipinski definition) is 2. The molecule has 0 fully saturated rings. The molecule has 7 heteroatoms. The number of benzene rings is 1. The molecule has 0 aliphatic carbocycles. The summed E-state index contributed by atoms with van der Waals surface area (Å²) >= 11 is 0. The van der Waals surface area contributed by atoms with Crippen molar-refractivity contribution in [3.05, 3.63) is 29.8 Å². The van der Waals surface area contributed by atoms with Gasteiger partial charge in [-0.3, -0.25) is 0 Å². The van der Waals surface area contributed by atoms with Gasteiger partial charge in [-0.15, -0.1) is 0 Å². The van der Waals surface area contributed by atoms with Crippen molar-refractivity contribution in [2.75, 3.05) is 12.8 Å². The number of hydrogen-bond acceptors (Lipinski definition) is 3. The summed E-state index contributed by atoms with van der Waals surface area (Å²) in [7, 11) is -3.14. The van der Waals surface area contributed by atoms with Crippen LogP contribution in [0.5, 0.6) is 0 Å². The van der Waals surface area contributed by atoms with E-state index in [2.05, 4.69) is 14.7 Å². The predicted octanol–water partition coefficient (Wildman–Crippen LogP) is 1.18. The van der Waals surface area contributed by atoms with Gasteiger partial charge in [0, 0.05) is 13.0 Å². The van der Waals surface area contributed by atoms with Crippen molar-refractivity contribution < 1.29 is 12.8 Å². The molecule has 5 nitrogen and oxygen atoms in total. The first-order valence-corrected chi connectivity index (χ1v) is 7.42. The van der Waals surface area contributed by atoms with Crippen molar-refractivity contribution in [3.8, 4) is 0 Å². The summed E-state index contributed by atoms with van der Waals surface area (Å²) in [5, 5.41) is 0. The molecule has 0 spiro atoms. The standard InChI is InChI=1S/C11H14FN3O2S/c1-18(16,17)13-6-2-3-11-14-9-5-4-8(12)7-10(9)15-11/h4-5,7,13H,2-3,6H2,1H3,(H,14,15). The maximum atomic E-state index is 13.0. The minimum atomic E-state index is -3.14. The molecule has 0 aliphatic heterocycles. The Morgan fingerprint density at radius 3 is 2.94 bits per heavy atom. The molecule has 98 valence electrons. The van der Waals surface area contributed by atoms with Crippen molar-refractivity contribution in [2.24, 2.45) is 0 Å². The highest BCUT2D eigenvalue weighted by Gasteiger charge is 2.04. The first kappa shape index (κ1) is 13.0. The van der Waals surface area contributed by atoms with Crippen LogP contribution in [0.2, 0.25) is 0 Å². The SMILES string of the molecule is CS(=O)(=O)NCCCc1nc2ccc(F)cc2[nH]1. The van der Waals surface area contributed by atoms with E-state index in [0.717, 1.165) is 12.1 Å². The fraction of sp³-hybridized carbons (Fsp3) is 0.364. The van der Waals surface area contributed by atoms with Crippen LogP contribution in [0, 0.1) is 5.82 Å². The second-order valence-corrected chi connectivity index (χ2v) is 5.95. The van der Waals surface area contributed by atoms with Gasteiger partial charge in [-0.05, 0) is 24.6 Å². The van der Waals surface area contributed by atoms with E-state index in [1.807, 2.05) is 0 Å². The van der Waals surface area contributed by atoms with Crippen LogP contribution in [0.4, 0.5) is 4.39 Å². The summed E-state index contributed by atoms with van der Waals surface area (Å²) in [6.45, 7) is 0.365. The lowest BCUT2D eigenvalue weighted by atomic mass is 10.3. The molecule has 0 aliphatic rings. The highest BCUT2D eigenvalue weighted by atomic mass is 32.2. The lowest BCUT2D eigenvalue weighted by Gasteiger charge is -1.99. The molecule has 2 N–H and O–H groups in total. The summed E-state index contributed by atoms with van der Waals surface area (Å²) in [6.07, 6.45) is 2.37. The molecule has 0 radical (unpaired) electrons. The number of halogens is 1. The Labute approximate surface area is 104 Å². The lowest BCUT2D eigenvalue weighted by molar-refractivity contribution is 0.584. The Kier molecular flexibility index (Phi) is 3.63. The van der Waals surface area contributed by atoms with Crippen LogP contribution in [0.25, 0.3) is 11.0 Å². The molecule has 0 saturated carbocycles. The monoisotopic (exact) mass is 271 g/mol. The van der Waals surface area contributed by atoms with Gasteiger partial charge in [-0.1, -0.05) is 0 Å². The zero-order valence-corrected chi connectivity index (χ0v) is 10.7. The number of fused-ring (bicyclic) bond motifs is 1. The Morgan fingerprint density at radius 2 is 2.22 bits per heavy atom. The van der Waals surface area contributed by atoms with E-state index in [1.165, 1.54) is 12.1 Å². The summed E-state index contributed by atoms with van der Waals surface area (Å²) in [5.41, 5.74) is 1.36. The number of imidazole rings is 1. The van der Waals surface area contributed by atoms with Crippen LogP contribution < -0.4 is 4.72 Å². The van der Waals surface area contributed by atoms with Crippen LogP contribution >= 0.6 is 0 Å². The Bertz CT molecular complexity index is 651. The van der Waals surface area contributed by atoms with Gasteiger partial charge in [0.2, 0.25) is 10.0 Å². The molecule has 0 saturated heterocycles. The van der Waals surface area contributed by atoms with E-state index < -0.39 is 10.0 Å². The highest BCUT2D eigenvalue weighted by Crippen LogP contribution is 2.13. The van der Waals surface area contributed by atoms with Gasteiger partial charge >= 0.3 is 0 Å². The molecule has 0 bridgehead atoms. The zero-order valence-electron chi connectivity index (χ0n) is 9.90. The van der Waals surface area contributed by atoms with E-state index in [9.17, 15) is 12.8 Å². The summed E-state index contributed by atoms with van der Waals surface area (Å²) in [6, 6.07) is 4.36. The number of H-pyrrole nitrogens is 1. The van der Waals surface area contributed by atoms with Gasteiger partial charge in [-0.2, -0.15) is 0 Å². The zero-order chi connectivity index (χ0) is 13.2. The normalized spacial score (nSPS) is 12.1. The Hall–Kier alpha value is -1.47. The predicted molar refractivity (Wildman–Crippen MR) is 67.2 cm³/mol. The van der Waals surface area contributed by atoms with E-state index in [-0.39, 0.29) is 5.82 Å². The average molecular weight is 271 g/mol. The van der Waals surface area contributed by atoms with E-state index >= 15 is 0 Å². The largest absolute Gasteiger partial charge is 0.342 e. The quantitative estimate of drug-likeness (QED) is 0.802. The first-order chi connectivity index (χ1) is 8.44. The number of sulfonamides is 1. The fourth-order valence-corrected chi connectivity index (χ4v) is 2.18. The smallest absolute Gasteiger partial charge is 0.208 e. The molecule has 1 heterocycles. The van der Waals surface area contributed by atoms with Crippen LogP contribution in [0.1, 0.15) is 12.2 Å². The van der Waals surface area contributed by atoms with Gasteiger partial charge in [0.25, 0.3) is 0 Å². The minimum absolute atomic E-state index is 0.309. The molecule has 18 heavy (non-hydrogen) atoms. The van der Waals surface area contributed by atoms with Gasteiger partial charge < -0.3 is 4.98 Å². The van der Waals surface area contributed by atoms with E-state index in [4.69, 9.17) is 0 Å². The number of rotatable bonds is 5. The topological polar surface area (TPSA) is 74.8 Å². The van der Waals surface area contributed by atoms with Crippen molar-refractivity contribution in [3.63, 3.8) is 0 Å². The number of aromatic amines is 1. The second-order valence-electron chi connectivity index (χ2n) is 4.12. The molecule has 1 aromatic heterocycles. The third kappa shape index (κ3) is 3.51. The highest BCUT2D eigenvalue weighted by molar-refractivity contribution is 7.88. The minimum Gasteiger partial charge on any atom is -0.342 e. The maximum absolute atomic E-state index is 13.0. The molecule has 2 rings (SSSR count). The van der Waals surface area contributed by atoms with Crippen molar-refractivity contribution in [1.82, 2.24) is 14.7 Å². The second kappa shape index (κ2) is 5.03. The molecule has 2 aromatic rings. The van der Waals surface area contributed by atoms with Crippen molar-refractivity contribution >= 4 is 21.1 Å². The number of aromatic nitrogens is 2. The van der Waals surface area contributed by atoms with Gasteiger partial charge in [0.15, 0.2) is 0 Å². The van der Waals surface area contributed by atoms with E-state index in [0.29, 0.717) is 30.4 Å². The molecular formula is C11H14FN3O2S. The summed E-state index contributed by atoms with van der Waals surface area (Å²) in [5.74, 6) is 0.419. The van der Waals surface area contributed by atoms with Gasteiger partial charge in [0.05, 0.1) is 17.3 Å². The lowest BCUT2D eigenvalue weighted by Crippen LogP contribution is -2.23. The third-order valence-electron chi connectivity index (χ3n) is 2.45. The Balaban J connectivity index is 1.96. The molecule has 0 unspecified atom stereocenters. The third-order valence-corrected chi connectivity index (χ3v) is 3.18. The molecule has 0 amide bonds. The number of nitrogens with zero attached hydrogens (tertiary/aromatic N) is 1. The van der Waals surface area contributed by atoms with E-state index in [1.54, 1.807) is 6.07 Å². The molecular weight excluding hydrogens is 257 g/mol. The first-order valence-electron chi connectivity index (χ1n) is 5.53. The van der Waals surface area contributed by atoms with Crippen molar-refractivity contribution in [2.45, 2.75) is 12.8 Å². The van der Waals surface area contributed by atoms with Crippen LogP contribution in [-0.4, -0.2) is 31.2 Å². The number of nitrogens with one attached hydrogen (secondary N) is 2. The molecule has 0 atom stereocenters. The fourth-order valence-electron chi connectivity index (χ4n) is 1.67. The summed E-state index contributed by atoms with van der Waals surface area (Å²) in [4.78, 5) is 7.29. The van der Waals surface area contributed by atoms with Crippen molar-refractivity contribution in [1.29, 1.82) is 0 Å². The van der Waals surface area contributed by atoms with Gasteiger partial charge in [-0.25, -0.2) is 22.5 Å². The van der Waals surface area contributed by atoms with Crippen LogP contribution in [0.15, 0.2) is 18.2 Å². The summed E-state index contributed by atoms with van der Waals surface area (Å²) < 4.78 is 37.1. The maximum Gasteiger partial charge on any atom is 0.208 e. The van der Waals surface area contributed by atoms with Crippen LogP contribution in [0.3, 0.4) is 0 Å². The number of aryl methyl sites for hydroxylation is 1. The Morgan fingerprint density at radius 1 is 1.44 bits per heavy atom.